The minimum Gasteiger partial charge on any atom is -0.496 e. The SMILES string of the molecule is CN=C(NCCc1cc(C)ccc1OC)NC1CCS(=O)(=O)C1. The molecule has 0 bridgehead atoms. The quantitative estimate of drug-likeness (QED) is 0.615. The van der Waals surface area contributed by atoms with Gasteiger partial charge in [0.05, 0.1) is 18.6 Å². The van der Waals surface area contributed by atoms with Crippen molar-refractivity contribution in [2.75, 3.05) is 32.2 Å². The number of methoxy groups -OCH3 is 1. The molecule has 0 radical (unpaired) electrons. The first-order chi connectivity index (χ1) is 10.9. The van der Waals surface area contributed by atoms with Crippen molar-refractivity contribution < 1.29 is 13.2 Å². The van der Waals surface area contributed by atoms with Gasteiger partial charge in [-0.25, -0.2) is 8.42 Å². The molecule has 2 rings (SSSR count). The number of benzene rings is 1. The Balaban J connectivity index is 1.86. The van der Waals surface area contributed by atoms with Gasteiger partial charge < -0.3 is 15.4 Å². The second-order valence-electron chi connectivity index (χ2n) is 5.81. The Morgan fingerprint density at radius 2 is 2.22 bits per heavy atom. The summed E-state index contributed by atoms with van der Waals surface area (Å²) in [7, 11) is 0.467. The molecule has 1 atom stereocenters. The molecule has 1 aliphatic rings. The highest BCUT2D eigenvalue weighted by molar-refractivity contribution is 7.91. The van der Waals surface area contributed by atoms with Crippen LogP contribution in [-0.2, 0) is 16.3 Å². The maximum atomic E-state index is 11.5. The highest BCUT2D eigenvalue weighted by atomic mass is 32.2. The molecule has 1 fully saturated rings. The molecule has 1 unspecified atom stereocenters. The van der Waals surface area contributed by atoms with Crippen LogP contribution in [0, 0.1) is 6.92 Å². The van der Waals surface area contributed by atoms with Gasteiger partial charge in [0.2, 0.25) is 0 Å². The fraction of sp³-hybridized carbons (Fsp3) is 0.562. The van der Waals surface area contributed by atoms with Crippen LogP contribution in [0.4, 0.5) is 0 Å². The lowest BCUT2D eigenvalue weighted by Gasteiger charge is -2.16. The van der Waals surface area contributed by atoms with Crippen molar-refractivity contribution >= 4 is 15.8 Å². The van der Waals surface area contributed by atoms with Crippen molar-refractivity contribution in [2.45, 2.75) is 25.8 Å². The van der Waals surface area contributed by atoms with Gasteiger partial charge in [0.15, 0.2) is 15.8 Å². The highest BCUT2D eigenvalue weighted by Crippen LogP contribution is 2.19. The smallest absolute Gasteiger partial charge is 0.191 e. The summed E-state index contributed by atoms with van der Waals surface area (Å²) >= 11 is 0. The van der Waals surface area contributed by atoms with Crippen LogP contribution in [0.2, 0.25) is 0 Å². The van der Waals surface area contributed by atoms with Crippen molar-refractivity contribution in [1.82, 2.24) is 10.6 Å². The van der Waals surface area contributed by atoms with Crippen LogP contribution >= 0.6 is 0 Å². The molecule has 1 saturated heterocycles. The average molecular weight is 339 g/mol. The summed E-state index contributed by atoms with van der Waals surface area (Å²) in [6, 6.07) is 6.05. The van der Waals surface area contributed by atoms with Crippen LogP contribution in [0.15, 0.2) is 23.2 Å². The second kappa shape index (κ2) is 7.68. The normalized spacial score (nSPS) is 20.3. The van der Waals surface area contributed by atoms with Crippen molar-refractivity contribution in [2.24, 2.45) is 4.99 Å². The molecule has 1 heterocycles. The zero-order chi connectivity index (χ0) is 16.9. The number of nitrogens with one attached hydrogen (secondary N) is 2. The van der Waals surface area contributed by atoms with E-state index in [1.807, 2.05) is 12.1 Å². The first kappa shape index (κ1) is 17.6. The number of ether oxygens (including phenoxy) is 1. The molecule has 2 N–H and O–H groups in total. The number of hydrogen-bond donors (Lipinski definition) is 2. The molecular weight excluding hydrogens is 314 g/mol. The largest absolute Gasteiger partial charge is 0.496 e. The zero-order valence-corrected chi connectivity index (χ0v) is 14.7. The van der Waals surface area contributed by atoms with Gasteiger partial charge in [-0.1, -0.05) is 17.7 Å². The molecule has 23 heavy (non-hydrogen) atoms. The minimum atomic E-state index is -2.89. The van der Waals surface area contributed by atoms with Crippen molar-refractivity contribution in [3.63, 3.8) is 0 Å². The molecule has 0 spiro atoms. The molecule has 0 aliphatic carbocycles. The zero-order valence-electron chi connectivity index (χ0n) is 13.9. The van der Waals surface area contributed by atoms with Crippen LogP contribution in [0.1, 0.15) is 17.5 Å². The number of rotatable bonds is 5. The van der Waals surface area contributed by atoms with Gasteiger partial charge in [-0.2, -0.15) is 0 Å². The summed E-state index contributed by atoms with van der Waals surface area (Å²) < 4.78 is 28.4. The van der Waals surface area contributed by atoms with E-state index in [0.29, 0.717) is 18.9 Å². The fourth-order valence-electron chi connectivity index (χ4n) is 2.72. The van der Waals surface area contributed by atoms with E-state index in [-0.39, 0.29) is 17.5 Å². The molecule has 7 heteroatoms. The third-order valence-electron chi connectivity index (χ3n) is 3.92. The predicted molar refractivity (Wildman–Crippen MR) is 93.0 cm³/mol. The molecule has 1 aliphatic heterocycles. The average Bonchev–Trinajstić information content (AvgIpc) is 2.85. The van der Waals surface area contributed by atoms with Crippen LogP contribution in [0.5, 0.6) is 5.75 Å². The molecular formula is C16H25N3O3S. The fourth-order valence-corrected chi connectivity index (χ4v) is 4.39. The Kier molecular flexibility index (Phi) is 5.87. The molecule has 1 aromatic carbocycles. The number of aliphatic imine (C=N–C) groups is 1. The summed E-state index contributed by atoms with van der Waals surface area (Å²) in [5, 5.41) is 6.41. The van der Waals surface area contributed by atoms with Crippen LogP contribution in [0.3, 0.4) is 0 Å². The maximum Gasteiger partial charge on any atom is 0.191 e. The van der Waals surface area contributed by atoms with E-state index in [2.05, 4.69) is 28.6 Å². The van der Waals surface area contributed by atoms with E-state index in [1.54, 1.807) is 14.2 Å². The highest BCUT2D eigenvalue weighted by Gasteiger charge is 2.28. The van der Waals surface area contributed by atoms with Crippen molar-refractivity contribution in [1.29, 1.82) is 0 Å². The number of aryl methyl sites for hydroxylation is 1. The van der Waals surface area contributed by atoms with Gasteiger partial charge in [0, 0.05) is 19.6 Å². The van der Waals surface area contributed by atoms with E-state index in [1.165, 1.54) is 5.56 Å². The van der Waals surface area contributed by atoms with Gasteiger partial charge in [-0.3, -0.25) is 4.99 Å². The van der Waals surface area contributed by atoms with Crippen LogP contribution < -0.4 is 15.4 Å². The predicted octanol–water partition coefficient (Wildman–Crippen LogP) is 0.898. The van der Waals surface area contributed by atoms with E-state index < -0.39 is 9.84 Å². The summed E-state index contributed by atoms with van der Waals surface area (Å²) in [6.07, 6.45) is 1.43. The summed E-state index contributed by atoms with van der Waals surface area (Å²) in [5.74, 6) is 1.95. The molecule has 0 amide bonds. The molecule has 6 nitrogen and oxygen atoms in total. The first-order valence-corrected chi connectivity index (χ1v) is 9.57. The second-order valence-corrected chi connectivity index (χ2v) is 8.04. The summed E-state index contributed by atoms with van der Waals surface area (Å²) in [4.78, 5) is 4.16. The summed E-state index contributed by atoms with van der Waals surface area (Å²) in [6.45, 7) is 2.75. The molecule has 128 valence electrons. The third-order valence-corrected chi connectivity index (χ3v) is 5.69. The number of guanidine groups is 1. The Labute approximate surface area is 138 Å². The minimum absolute atomic E-state index is 0.0558. The van der Waals surface area contributed by atoms with E-state index in [4.69, 9.17) is 4.74 Å². The third kappa shape index (κ3) is 5.13. The summed E-state index contributed by atoms with van der Waals surface area (Å²) in [5.41, 5.74) is 2.33. The molecule has 0 saturated carbocycles. The molecule has 1 aromatic rings. The first-order valence-electron chi connectivity index (χ1n) is 7.74. The number of hydrogen-bond acceptors (Lipinski definition) is 4. The monoisotopic (exact) mass is 339 g/mol. The van der Waals surface area contributed by atoms with Crippen molar-refractivity contribution in [3.8, 4) is 5.75 Å². The Morgan fingerprint density at radius 3 is 2.83 bits per heavy atom. The standard InChI is InChI=1S/C16H25N3O3S/c1-12-4-5-15(22-3)13(10-12)6-8-18-16(17-2)19-14-7-9-23(20,21)11-14/h4-5,10,14H,6-9,11H2,1-3H3,(H2,17,18,19). The molecule has 0 aromatic heterocycles. The van der Waals surface area contributed by atoms with Crippen molar-refractivity contribution in [3.05, 3.63) is 29.3 Å². The van der Waals surface area contributed by atoms with E-state index in [9.17, 15) is 8.42 Å². The van der Waals surface area contributed by atoms with Crippen LogP contribution in [-0.4, -0.2) is 52.6 Å². The van der Waals surface area contributed by atoms with Gasteiger partial charge in [-0.05, 0) is 31.4 Å². The lowest BCUT2D eigenvalue weighted by molar-refractivity contribution is 0.409. The Hall–Kier alpha value is -1.76. The van der Waals surface area contributed by atoms with E-state index >= 15 is 0 Å². The maximum absolute atomic E-state index is 11.5. The Bertz CT molecular complexity index is 671. The van der Waals surface area contributed by atoms with E-state index in [0.717, 1.165) is 17.7 Å². The van der Waals surface area contributed by atoms with Gasteiger partial charge in [0.25, 0.3) is 0 Å². The lowest BCUT2D eigenvalue weighted by atomic mass is 10.1. The van der Waals surface area contributed by atoms with Crippen LogP contribution in [0.25, 0.3) is 0 Å². The van der Waals surface area contributed by atoms with Gasteiger partial charge in [-0.15, -0.1) is 0 Å². The topological polar surface area (TPSA) is 79.8 Å². The van der Waals surface area contributed by atoms with Gasteiger partial charge in [0.1, 0.15) is 5.75 Å². The Morgan fingerprint density at radius 1 is 1.43 bits per heavy atom. The number of sulfone groups is 1. The number of nitrogens with zero attached hydrogens (tertiary/aromatic N) is 1. The lowest BCUT2D eigenvalue weighted by Crippen LogP contribution is -2.44. The van der Waals surface area contributed by atoms with Gasteiger partial charge >= 0.3 is 0 Å².